The third-order valence-corrected chi connectivity index (χ3v) is 6.04. The average Bonchev–Trinajstić information content (AvgIpc) is 2.78. The number of ether oxygens (including phenoxy) is 1. The smallest absolute Gasteiger partial charge is 0.410 e. The normalized spacial score (nSPS) is 11.8. The Kier molecular flexibility index (Phi) is 11.3. The summed E-state index contributed by atoms with van der Waals surface area (Å²) < 4.78 is 5.01. The Morgan fingerprint density at radius 1 is 1.00 bits per heavy atom. The van der Waals surface area contributed by atoms with Crippen LogP contribution in [0.4, 0.5) is 10.5 Å². The van der Waals surface area contributed by atoms with Crippen LogP contribution in [0.25, 0.3) is 0 Å². The molecule has 0 saturated heterocycles. The Morgan fingerprint density at radius 2 is 1.57 bits per heavy atom. The predicted octanol–water partition coefficient (Wildman–Crippen LogP) is 2.16. The summed E-state index contributed by atoms with van der Waals surface area (Å²) in [6, 6.07) is 5.11. The summed E-state index contributed by atoms with van der Waals surface area (Å²) in [5, 5.41) is 16.3. The van der Waals surface area contributed by atoms with E-state index in [2.05, 4.69) is 10.6 Å². The molecule has 0 bridgehead atoms. The molecule has 2 N–H and O–H groups in total. The van der Waals surface area contributed by atoms with Gasteiger partial charge < -0.3 is 20.3 Å². The van der Waals surface area contributed by atoms with E-state index < -0.39 is 22.1 Å². The highest BCUT2D eigenvalue weighted by atomic mass is 16.6. The number of benzene rings is 1. The lowest BCUT2D eigenvalue weighted by molar-refractivity contribution is -0.384. The van der Waals surface area contributed by atoms with Crippen molar-refractivity contribution in [3.05, 3.63) is 34.4 Å². The molecule has 1 aromatic rings. The largest absolute Gasteiger partial charge is 0.412 e. The lowest BCUT2D eigenvalue weighted by Gasteiger charge is -2.37. The van der Waals surface area contributed by atoms with E-state index in [1.165, 1.54) is 36.2 Å². The zero-order valence-corrected chi connectivity index (χ0v) is 22.9. The van der Waals surface area contributed by atoms with Gasteiger partial charge in [-0.05, 0) is 60.7 Å². The first kappa shape index (κ1) is 31.6. The van der Waals surface area contributed by atoms with Gasteiger partial charge in [-0.3, -0.25) is 29.4 Å². The topological polar surface area (TPSA) is 151 Å². The Hall–Kier alpha value is -3.38. The summed E-state index contributed by atoms with van der Waals surface area (Å²) in [5.74, 6) is -0.536. The summed E-state index contributed by atoms with van der Waals surface area (Å²) in [6.07, 6.45) is -0.883. The van der Waals surface area contributed by atoms with Crippen LogP contribution >= 0.6 is 0 Å². The molecule has 0 heterocycles. The number of nitro benzene ring substituents is 1. The molecule has 12 nitrogen and oxygen atoms in total. The fourth-order valence-electron chi connectivity index (χ4n) is 3.36. The fourth-order valence-corrected chi connectivity index (χ4v) is 3.36. The van der Waals surface area contributed by atoms with Gasteiger partial charge >= 0.3 is 6.09 Å². The highest BCUT2D eigenvalue weighted by molar-refractivity contribution is 5.94. The van der Waals surface area contributed by atoms with E-state index in [9.17, 15) is 29.3 Å². The molecule has 0 spiro atoms. The van der Waals surface area contributed by atoms with Crippen molar-refractivity contribution in [2.45, 2.75) is 65.1 Å². The number of nitrogens with zero attached hydrogens (tertiary/aromatic N) is 3. The van der Waals surface area contributed by atoms with E-state index in [0.29, 0.717) is 0 Å². The highest BCUT2D eigenvalue weighted by Crippen LogP contribution is 2.18. The van der Waals surface area contributed by atoms with E-state index >= 15 is 0 Å². The number of rotatable bonds is 14. The molecule has 37 heavy (non-hydrogen) atoms. The molecule has 206 valence electrons. The molecule has 0 aromatic heterocycles. The second-order valence-electron chi connectivity index (χ2n) is 10.3. The third-order valence-electron chi connectivity index (χ3n) is 6.04. The van der Waals surface area contributed by atoms with E-state index in [-0.39, 0.29) is 61.0 Å². The zero-order valence-electron chi connectivity index (χ0n) is 22.9. The van der Waals surface area contributed by atoms with Crippen molar-refractivity contribution < 1.29 is 28.8 Å². The number of nitro groups is 1. The Morgan fingerprint density at radius 3 is 2.08 bits per heavy atom. The maximum absolute atomic E-state index is 13.0. The Balaban J connectivity index is 2.54. The molecule has 0 aliphatic carbocycles. The van der Waals surface area contributed by atoms with Crippen molar-refractivity contribution in [3.8, 4) is 5.75 Å². The van der Waals surface area contributed by atoms with Gasteiger partial charge in [0.05, 0.1) is 29.1 Å². The number of nitrogens with one attached hydrogen (secondary N) is 2. The average molecular weight is 522 g/mol. The van der Waals surface area contributed by atoms with Crippen LogP contribution in [-0.2, 0) is 14.4 Å². The van der Waals surface area contributed by atoms with Gasteiger partial charge in [0.1, 0.15) is 5.75 Å². The van der Waals surface area contributed by atoms with Gasteiger partial charge in [0.15, 0.2) is 11.6 Å². The molecular formula is C25H39N5O7. The number of hydrogen-bond donors (Lipinski definition) is 2. The van der Waals surface area contributed by atoms with Crippen molar-refractivity contribution in [1.29, 1.82) is 0 Å². The molecule has 0 aliphatic heterocycles. The van der Waals surface area contributed by atoms with E-state index in [0.717, 1.165) is 0 Å². The lowest BCUT2D eigenvalue weighted by Crippen LogP contribution is -2.58. The number of hydrogen-bond acceptors (Lipinski definition) is 9. The van der Waals surface area contributed by atoms with Crippen LogP contribution in [0, 0.1) is 10.1 Å². The van der Waals surface area contributed by atoms with Crippen LogP contribution in [0.5, 0.6) is 5.75 Å². The van der Waals surface area contributed by atoms with Gasteiger partial charge in [-0.15, -0.1) is 0 Å². The predicted molar refractivity (Wildman–Crippen MR) is 138 cm³/mol. The van der Waals surface area contributed by atoms with E-state index in [1.807, 2.05) is 13.8 Å². The van der Waals surface area contributed by atoms with Crippen LogP contribution in [0.2, 0.25) is 0 Å². The number of non-ortho nitro benzene ring substituents is 1. The van der Waals surface area contributed by atoms with Crippen LogP contribution in [0.15, 0.2) is 24.3 Å². The van der Waals surface area contributed by atoms with Crippen LogP contribution < -0.4 is 15.4 Å². The number of Topliss-reactive ketones (excluding diaryl/α,β-unsaturated/α-hetero) is 2. The molecule has 0 aliphatic rings. The molecule has 0 saturated carbocycles. The van der Waals surface area contributed by atoms with Gasteiger partial charge in [0.25, 0.3) is 5.69 Å². The second kappa shape index (κ2) is 13.2. The molecule has 0 atom stereocenters. The maximum Gasteiger partial charge on any atom is 0.412 e. The molecular weight excluding hydrogens is 482 g/mol. The molecule has 1 aromatic carbocycles. The van der Waals surface area contributed by atoms with Gasteiger partial charge in [0, 0.05) is 38.2 Å². The molecule has 2 amide bonds. The molecule has 12 heteroatoms. The van der Waals surface area contributed by atoms with E-state index in [4.69, 9.17) is 4.74 Å². The monoisotopic (exact) mass is 521 g/mol. The van der Waals surface area contributed by atoms with Gasteiger partial charge in [-0.2, -0.15) is 0 Å². The minimum Gasteiger partial charge on any atom is -0.410 e. The minimum absolute atomic E-state index is 0.0289. The molecule has 0 fully saturated rings. The second-order valence-corrected chi connectivity index (χ2v) is 10.3. The molecule has 0 radical (unpaired) electrons. The number of amides is 2. The first-order valence-electron chi connectivity index (χ1n) is 12.0. The Labute approximate surface area is 217 Å². The summed E-state index contributed by atoms with van der Waals surface area (Å²) in [5.41, 5.74) is -1.88. The molecule has 0 unspecified atom stereocenters. The minimum atomic E-state index is -0.995. The first-order chi connectivity index (χ1) is 17.0. The number of likely N-dealkylation sites (N-methyl/N-ethyl adjacent to an activating group) is 2. The fraction of sp³-hybridized carbons (Fsp3) is 0.600. The van der Waals surface area contributed by atoms with Gasteiger partial charge in [-0.25, -0.2) is 4.79 Å². The van der Waals surface area contributed by atoms with Crippen molar-refractivity contribution in [3.63, 3.8) is 0 Å². The van der Waals surface area contributed by atoms with Crippen molar-refractivity contribution in [1.82, 2.24) is 20.4 Å². The molecule has 1 rings (SSSR count). The van der Waals surface area contributed by atoms with Crippen LogP contribution in [-0.4, -0.2) is 89.1 Å². The Bertz CT molecular complexity index is 990. The summed E-state index contributed by atoms with van der Waals surface area (Å²) >= 11 is 0. The van der Waals surface area contributed by atoms with Gasteiger partial charge in [-0.1, -0.05) is 0 Å². The lowest BCUT2D eigenvalue weighted by atomic mass is 9.93. The number of carbonyl (C=O) groups is 4. The summed E-state index contributed by atoms with van der Waals surface area (Å²) in [7, 11) is 3.19. The zero-order chi connectivity index (χ0) is 28.6. The van der Waals surface area contributed by atoms with Crippen molar-refractivity contribution in [2.24, 2.45) is 0 Å². The maximum atomic E-state index is 13.0. The third kappa shape index (κ3) is 9.89. The number of carbonyl (C=O) groups excluding carboxylic acids is 4. The van der Waals surface area contributed by atoms with Crippen molar-refractivity contribution in [2.75, 3.05) is 33.7 Å². The SMILES string of the molecule is CC(C)NC(C)(C)C(=O)CN(C)C(C)(C)C(=O)CN(C)C(=O)CCNC(=O)Oc1ccc([N+](=O)[O-])cc1. The standard InChI is InChI=1S/C25H39N5O7/c1-17(2)27-24(3,4)20(31)16-29(8)25(5,6)21(32)15-28(7)22(33)13-14-26-23(34)37-19-11-9-18(10-12-19)30(35)36/h9-12,17,27H,13-16H2,1-8H3,(H,26,34). The van der Waals surface area contributed by atoms with Crippen LogP contribution in [0.3, 0.4) is 0 Å². The van der Waals surface area contributed by atoms with E-state index in [1.54, 1.807) is 39.6 Å². The number of ketones is 2. The van der Waals surface area contributed by atoms with Gasteiger partial charge in [0.2, 0.25) is 5.91 Å². The summed E-state index contributed by atoms with van der Waals surface area (Å²) in [4.78, 5) is 63.2. The quantitative estimate of drug-likeness (QED) is 0.277. The highest BCUT2D eigenvalue weighted by Gasteiger charge is 2.37. The van der Waals surface area contributed by atoms with Crippen LogP contribution in [0.1, 0.15) is 48.0 Å². The first-order valence-corrected chi connectivity index (χ1v) is 12.0. The van der Waals surface area contributed by atoms with Crippen molar-refractivity contribution >= 4 is 29.3 Å². The summed E-state index contributed by atoms with van der Waals surface area (Å²) in [6.45, 7) is 10.8.